The van der Waals surface area contributed by atoms with Gasteiger partial charge >= 0.3 is 0 Å². The maximum absolute atomic E-state index is 9.25. The second kappa shape index (κ2) is 5.78. The molecule has 0 bridgehead atoms. The molecular formula is C14H15NO2S. The topological polar surface area (TPSA) is 42.4 Å². The molecular weight excluding hydrogens is 246 g/mol. The molecule has 1 N–H and O–H groups in total. The molecule has 0 radical (unpaired) electrons. The lowest BCUT2D eigenvalue weighted by Gasteiger charge is -2.12. The third kappa shape index (κ3) is 3.40. The van der Waals surface area contributed by atoms with Gasteiger partial charge in [-0.15, -0.1) is 0 Å². The number of aromatic hydroxyl groups is 1. The number of hydrogen-bond donors (Lipinski definition) is 1. The monoisotopic (exact) mass is 261 g/mol. The van der Waals surface area contributed by atoms with E-state index >= 15 is 0 Å². The van der Waals surface area contributed by atoms with Gasteiger partial charge in [0.2, 0.25) is 0 Å². The fourth-order valence-electron chi connectivity index (χ4n) is 1.42. The standard InChI is InChI=1S/C14H15NO2S/c1-10(2)17-13-4-3-9-15-14(13)18-12-7-5-11(16)6-8-12/h3-10,16H,1-2H3. The van der Waals surface area contributed by atoms with Crippen molar-refractivity contribution in [3.8, 4) is 11.5 Å². The van der Waals surface area contributed by atoms with Crippen LogP contribution in [-0.2, 0) is 0 Å². The van der Waals surface area contributed by atoms with Gasteiger partial charge in [-0.3, -0.25) is 0 Å². The van der Waals surface area contributed by atoms with Gasteiger partial charge in [-0.05, 0) is 50.2 Å². The van der Waals surface area contributed by atoms with Crippen LogP contribution in [0, 0.1) is 0 Å². The summed E-state index contributed by atoms with van der Waals surface area (Å²) in [6.45, 7) is 3.98. The molecule has 0 fully saturated rings. The van der Waals surface area contributed by atoms with Crippen LogP contribution in [0.15, 0.2) is 52.5 Å². The molecule has 2 rings (SSSR count). The van der Waals surface area contributed by atoms with Crippen LogP contribution in [-0.4, -0.2) is 16.2 Å². The molecule has 94 valence electrons. The van der Waals surface area contributed by atoms with E-state index in [-0.39, 0.29) is 11.9 Å². The van der Waals surface area contributed by atoms with E-state index < -0.39 is 0 Å². The molecule has 0 aliphatic heterocycles. The fraction of sp³-hybridized carbons (Fsp3) is 0.214. The van der Waals surface area contributed by atoms with Crippen LogP contribution in [0.5, 0.6) is 11.5 Å². The number of rotatable bonds is 4. The minimum atomic E-state index is 0.119. The predicted molar refractivity (Wildman–Crippen MR) is 72.2 cm³/mol. The highest BCUT2D eigenvalue weighted by molar-refractivity contribution is 7.99. The predicted octanol–water partition coefficient (Wildman–Crippen LogP) is 3.73. The Morgan fingerprint density at radius 2 is 1.89 bits per heavy atom. The number of phenols is 1. The quantitative estimate of drug-likeness (QED) is 0.910. The van der Waals surface area contributed by atoms with Crippen molar-refractivity contribution in [1.29, 1.82) is 0 Å². The Kier molecular flexibility index (Phi) is 4.10. The smallest absolute Gasteiger partial charge is 0.152 e. The van der Waals surface area contributed by atoms with Gasteiger partial charge in [0.25, 0.3) is 0 Å². The van der Waals surface area contributed by atoms with E-state index in [2.05, 4.69) is 4.98 Å². The lowest BCUT2D eigenvalue weighted by atomic mass is 10.3. The normalized spacial score (nSPS) is 10.6. The van der Waals surface area contributed by atoms with E-state index in [4.69, 9.17) is 4.74 Å². The highest BCUT2D eigenvalue weighted by Crippen LogP contribution is 2.33. The Labute approximate surface area is 111 Å². The molecule has 3 nitrogen and oxygen atoms in total. The third-order valence-electron chi connectivity index (χ3n) is 2.15. The molecule has 0 unspecified atom stereocenters. The van der Waals surface area contributed by atoms with E-state index in [9.17, 15) is 5.11 Å². The third-order valence-corrected chi connectivity index (χ3v) is 3.16. The zero-order chi connectivity index (χ0) is 13.0. The summed E-state index contributed by atoms with van der Waals surface area (Å²) >= 11 is 1.52. The second-order valence-corrected chi connectivity index (χ2v) is 5.13. The molecule has 18 heavy (non-hydrogen) atoms. The van der Waals surface area contributed by atoms with E-state index in [1.165, 1.54) is 11.8 Å². The van der Waals surface area contributed by atoms with E-state index in [0.29, 0.717) is 0 Å². The van der Waals surface area contributed by atoms with Crippen LogP contribution >= 0.6 is 11.8 Å². The Hall–Kier alpha value is -1.68. The molecule has 4 heteroatoms. The maximum atomic E-state index is 9.25. The van der Waals surface area contributed by atoms with E-state index in [1.54, 1.807) is 18.3 Å². The van der Waals surface area contributed by atoms with Gasteiger partial charge in [0, 0.05) is 11.1 Å². The number of benzene rings is 1. The molecule has 1 heterocycles. The summed E-state index contributed by atoms with van der Waals surface area (Å²) in [6.07, 6.45) is 1.86. The summed E-state index contributed by atoms with van der Waals surface area (Å²) in [5.74, 6) is 1.05. The van der Waals surface area contributed by atoms with Crippen molar-refractivity contribution in [3.63, 3.8) is 0 Å². The summed E-state index contributed by atoms with van der Waals surface area (Å²) in [5, 5.41) is 10.1. The minimum Gasteiger partial charge on any atom is -0.508 e. The van der Waals surface area contributed by atoms with Crippen LogP contribution < -0.4 is 4.74 Å². The molecule has 0 amide bonds. The molecule has 1 aromatic carbocycles. The molecule has 0 saturated heterocycles. The Bertz CT molecular complexity index is 511. The molecule has 0 aliphatic carbocycles. The van der Waals surface area contributed by atoms with Crippen LogP contribution in [0.4, 0.5) is 0 Å². The molecule has 0 atom stereocenters. The Balaban J connectivity index is 2.20. The minimum absolute atomic E-state index is 0.119. The van der Waals surface area contributed by atoms with Crippen LogP contribution in [0.25, 0.3) is 0 Å². The van der Waals surface area contributed by atoms with Crippen molar-refractivity contribution in [2.24, 2.45) is 0 Å². The van der Waals surface area contributed by atoms with Gasteiger partial charge in [-0.2, -0.15) is 0 Å². The molecule has 1 aromatic heterocycles. The van der Waals surface area contributed by atoms with Gasteiger partial charge < -0.3 is 9.84 Å². The zero-order valence-corrected chi connectivity index (χ0v) is 11.1. The molecule has 0 saturated carbocycles. The largest absolute Gasteiger partial charge is 0.508 e. The van der Waals surface area contributed by atoms with Crippen LogP contribution in [0.3, 0.4) is 0 Å². The summed E-state index contributed by atoms with van der Waals surface area (Å²) < 4.78 is 5.71. The first-order valence-electron chi connectivity index (χ1n) is 5.73. The van der Waals surface area contributed by atoms with Crippen molar-refractivity contribution < 1.29 is 9.84 Å². The molecule has 0 spiro atoms. The van der Waals surface area contributed by atoms with Crippen molar-refractivity contribution in [3.05, 3.63) is 42.6 Å². The lowest BCUT2D eigenvalue weighted by molar-refractivity contribution is 0.234. The number of nitrogens with zero attached hydrogens (tertiary/aromatic N) is 1. The van der Waals surface area contributed by atoms with Crippen molar-refractivity contribution in [2.75, 3.05) is 0 Å². The van der Waals surface area contributed by atoms with Crippen molar-refractivity contribution >= 4 is 11.8 Å². The number of aromatic nitrogens is 1. The maximum Gasteiger partial charge on any atom is 0.152 e. The summed E-state index contributed by atoms with van der Waals surface area (Å²) in [4.78, 5) is 5.34. The summed E-state index contributed by atoms with van der Waals surface area (Å²) in [6, 6.07) is 10.8. The van der Waals surface area contributed by atoms with Gasteiger partial charge in [0.1, 0.15) is 10.8 Å². The Morgan fingerprint density at radius 1 is 1.17 bits per heavy atom. The van der Waals surface area contributed by atoms with Crippen molar-refractivity contribution in [1.82, 2.24) is 4.98 Å². The number of phenolic OH excluding ortho intramolecular Hbond substituents is 1. The first kappa shape index (κ1) is 12.8. The van der Waals surface area contributed by atoms with Crippen molar-refractivity contribution in [2.45, 2.75) is 29.9 Å². The number of ether oxygens (including phenoxy) is 1. The van der Waals surface area contributed by atoms with E-state index in [1.807, 2.05) is 38.1 Å². The van der Waals surface area contributed by atoms with Gasteiger partial charge in [0.05, 0.1) is 6.10 Å². The first-order valence-corrected chi connectivity index (χ1v) is 6.55. The average molecular weight is 261 g/mol. The fourth-order valence-corrected chi connectivity index (χ4v) is 2.25. The SMILES string of the molecule is CC(C)Oc1cccnc1Sc1ccc(O)cc1. The highest BCUT2D eigenvalue weighted by Gasteiger charge is 2.08. The van der Waals surface area contributed by atoms with E-state index in [0.717, 1.165) is 15.7 Å². The lowest BCUT2D eigenvalue weighted by Crippen LogP contribution is -2.06. The van der Waals surface area contributed by atoms with Crippen LogP contribution in [0.1, 0.15) is 13.8 Å². The average Bonchev–Trinajstić information content (AvgIpc) is 2.34. The Morgan fingerprint density at radius 3 is 2.56 bits per heavy atom. The van der Waals surface area contributed by atoms with Crippen LogP contribution in [0.2, 0.25) is 0 Å². The van der Waals surface area contributed by atoms with Gasteiger partial charge in [0.15, 0.2) is 5.75 Å². The zero-order valence-electron chi connectivity index (χ0n) is 10.3. The molecule has 0 aliphatic rings. The molecule has 2 aromatic rings. The highest BCUT2D eigenvalue weighted by atomic mass is 32.2. The second-order valence-electron chi connectivity index (χ2n) is 4.07. The number of hydrogen-bond acceptors (Lipinski definition) is 4. The first-order chi connectivity index (χ1) is 8.65. The van der Waals surface area contributed by atoms with Gasteiger partial charge in [-0.1, -0.05) is 11.8 Å². The van der Waals surface area contributed by atoms with Gasteiger partial charge in [-0.25, -0.2) is 4.98 Å². The number of pyridine rings is 1. The summed E-state index contributed by atoms with van der Waals surface area (Å²) in [7, 11) is 0. The summed E-state index contributed by atoms with van der Waals surface area (Å²) in [5.41, 5.74) is 0.